The number of amides is 1. The van der Waals surface area contributed by atoms with Crippen molar-refractivity contribution in [2.24, 2.45) is 0 Å². The minimum Gasteiger partial charge on any atom is -0.466 e. The highest BCUT2D eigenvalue weighted by Crippen LogP contribution is 2.23. The van der Waals surface area contributed by atoms with Gasteiger partial charge in [0.2, 0.25) is 0 Å². The van der Waals surface area contributed by atoms with Crippen LogP contribution in [0.4, 0.5) is 5.69 Å². The second kappa shape index (κ2) is 9.82. The van der Waals surface area contributed by atoms with Crippen molar-refractivity contribution in [3.8, 4) is 0 Å². The van der Waals surface area contributed by atoms with Crippen molar-refractivity contribution in [3.63, 3.8) is 0 Å². The highest BCUT2D eigenvalue weighted by atomic mass is 16.5. The predicted molar refractivity (Wildman–Crippen MR) is 115 cm³/mol. The highest BCUT2D eigenvalue weighted by Gasteiger charge is 2.13. The first-order valence-electron chi connectivity index (χ1n) is 9.92. The van der Waals surface area contributed by atoms with Gasteiger partial charge < -0.3 is 10.1 Å². The van der Waals surface area contributed by atoms with Gasteiger partial charge in [0.25, 0.3) is 5.91 Å². The van der Waals surface area contributed by atoms with Gasteiger partial charge in [-0.15, -0.1) is 0 Å². The Balaban J connectivity index is 1.69. The van der Waals surface area contributed by atoms with E-state index >= 15 is 0 Å². The number of aromatic nitrogens is 1. The third kappa shape index (κ3) is 5.64. The molecule has 0 saturated heterocycles. The molecule has 0 aliphatic carbocycles. The van der Waals surface area contributed by atoms with Gasteiger partial charge in [0.1, 0.15) is 0 Å². The summed E-state index contributed by atoms with van der Waals surface area (Å²) in [6.07, 6.45) is 5.23. The zero-order valence-corrected chi connectivity index (χ0v) is 16.9. The number of carbonyl (C=O) groups is 2. The molecule has 0 spiro atoms. The van der Waals surface area contributed by atoms with Gasteiger partial charge in [-0.05, 0) is 56.4 Å². The fraction of sp³-hybridized carbons (Fsp3) is 0.292. The zero-order valence-electron chi connectivity index (χ0n) is 16.9. The van der Waals surface area contributed by atoms with Gasteiger partial charge in [-0.2, -0.15) is 0 Å². The molecule has 0 radical (unpaired) electrons. The number of hydrogen-bond acceptors (Lipinski definition) is 4. The average Bonchev–Trinajstić information content (AvgIpc) is 2.71. The molecule has 1 aromatic heterocycles. The molecule has 0 aliphatic heterocycles. The van der Waals surface area contributed by atoms with Gasteiger partial charge in [0.15, 0.2) is 0 Å². The third-order valence-electron chi connectivity index (χ3n) is 4.79. The number of esters is 1. The summed E-state index contributed by atoms with van der Waals surface area (Å²) in [5.41, 5.74) is 4.25. The van der Waals surface area contributed by atoms with E-state index < -0.39 is 0 Å². The number of anilines is 1. The molecule has 1 N–H and O–H groups in total. The number of nitrogens with one attached hydrogen (secondary N) is 1. The standard InChI is InChI=1S/C24H26N2O3/c1-17-12-13-19(8-4-3-5-15-29-18(2)27)21(16-17)24(28)26-22-11-6-9-20-10-7-14-25-23(20)22/h6-7,9-14,16H,3-5,8,15H2,1-2H3,(H,26,28). The first kappa shape index (κ1) is 20.5. The molecule has 3 aromatic rings. The number of para-hydroxylation sites is 1. The second-order valence-corrected chi connectivity index (χ2v) is 7.15. The monoisotopic (exact) mass is 390 g/mol. The molecule has 2 aromatic carbocycles. The van der Waals surface area contributed by atoms with Gasteiger partial charge in [-0.25, -0.2) is 0 Å². The lowest BCUT2D eigenvalue weighted by atomic mass is 9.98. The Morgan fingerprint density at radius 1 is 1.03 bits per heavy atom. The van der Waals surface area contributed by atoms with Crippen LogP contribution in [0.3, 0.4) is 0 Å². The summed E-state index contributed by atoms with van der Waals surface area (Å²) in [6, 6.07) is 15.6. The van der Waals surface area contributed by atoms with E-state index in [9.17, 15) is 9.59 Å². The minimum atomic E-state index is -0.245. The van der Waals surface area contributed by atoms with E-state index in [-0.39, 0.29) is 11.9 Å². The number of carbonyl (C=O) groups excluding carboxylic acids is 2. The van der Waals surface area contributed by atoms with E-state index in [1.54, 1.807) is 6.20 Å². The van der Waals surface area contributed by atoms with Crippen molar-refractivity contribution in [1.29, 1.82) is 0 Å². The van der Waals surface area contributed by atoms with Crippen molar-refractivity contribution in [2.75, 3.05) is 11.9 Å². The van der Waals surface area contributed by atoms with Gasteiger partial charge >= 0.3 is 5.97 Å². The molecule has 0 saturated carbocycles. The van der Waals surface area contributed by atoms with Gasteiger partial charge in [0, 0.05) is 24.1 Å². The molecule has 1 heterocycles. The summed E-state index contributed by atoms with van der Waals surface area (Å²) in [6.45, 7) is 3.85. The van der Waals surface area contributed by atoms with E-state index in [0.29, 0.717) is 17.9 Å². The van der Waals surface area contributed by atoms with E-state index in [4.69, 9.17) is 4.74 Å². The molecule has 1 amide bonds. The van der Waals surface area contributed by atoms with Crippen molar-refractivity contribution in [1.82, 2.24) is 4.98 Å². The molecule has 29 heavy (non-hydrogen) atoms. The lowest BCUT2D eigenvalue weighted by Gasteiger charge is -2.12. The number of aryl methyl sites for hydroxylation is 2. The van der Waals surface area contributed by atoms with E-state index in [1.807, 2.05) is 55.5 Å². The molecular weight excluding hydrogens is 364 g/mol. The largest absolute Gasteiger partial charge is 0.466 e. The zero-order chi connectivity index (χ0) is 20.6. The normalized spacial score (nSPS) is 10.7. The quantitative estimate of drug-likeness (QED) is 0.431. The molecule has 5 nitrogen and oxygen atoms in total. The second-order valence-electron chi connectivity index (χ2n) is 7.15. The summed E-state index contributed by atoms with van der Waals surface area (Å²) in [7, 11) is 0. The van der Waals surface area contributed by atoms with Crippen LogP contribution in [-0.4, -0.2) is 23.5 Å². The Labute approximate surface area is 171 Å². The van der Waals surface area contributed by atoms with Crippen LogP contribution in [0, 0.1) is 6.92 Å². The fourth-order valence-corrected chi connectivity index (χ4v) is 3.32. The summed E-state index contributed by atoms with van der Waals surface area (Å²) >= 11 is 0. The molecule has 0 unspecified atom stereocenters. The van der Waals surface area contributed by atoms with Crippen LogP contribution in [0.5, 0.6) is 0 Å². The van der Waals surface area contributed by atoms with Crippen molar-refractivity contribution >= 4 is 28.5 Å². The molecule has 150 valence electrons. The van der Waals surface area contributed by atoms with Crippen molar-refractivity contribution < 1.29 is 14.3 Å². The van der Waals surface area contributed by atoms with Crippen LogP contribution in [0.25, 0.3) is 10.9 Å². The number of fused-ring (bicyclic) bond motifs is 1. The molecular formula is C24H26N2O3. The van der Waals surface area contributed by atoms with Crippen LogP contribution in [0.2, 0.25) is 0 Å². The van der Waals surface area contributed by atoms with Crippen molar-refractivity contribution in [2.45, 2.75) is 39.5 Å². The maximum atomic E-state index is 13.0. The molecule has 3 rings (SSSR count). The average molecular weight is 390 g/mol. The summed E-state index contributed by atoms with van der Waals surface area (Å²) in [4.78, 5) is 28.3. The molecule has 0 fully saturated rings. The Kier molecular flexibility index (Phi) is 6.95. The summed E-state index contributed by atoms with van der Waals surface area (Å²) in [5, 5.41) is 4.02. The molecule has 0 bridgehead atoms. The van der Waals surface area contributed by atoms with Crippen LogP contribution in [0.15, 0.2) is 54.7 Å². The lowest BCUT2D eigenvalue weighted by molar-refractivity contribution is -0.141. The number of benzene rings is 2. The van der Waals surface area contributed by atoms with Crippen LogP contribution in [0.1, 0.15) is 47.7 Å². The van der Waals surface area contributed by atoms with Crippen LogP contribution in [-0.2, 0) is 16.0 Å². The Hall–Kier alpha value is -3.21. The number of pyridine rings is 1. The number of ether oxygens (including phenoxy) is 1. The lowest BCUT2D eigenvalue weighted by Crippen LogP contribution is -2.15. The SMILES string of the molecule is CC(=O)OCCCCCc1ccc(C)cc1C(=O)Nc1cccc2cccnc12. The number of hydrogen-bond donors (Lipinski definition) is 1. The summed E-state index contributed by atoms with van der Waals surface area (Å²) < 4.78 is 4.96. The Morgan fingerprint density at radius 2 is 1.86 bits per heavy atom. The number of unbranched alkanes of at least 4 members (excludes halogenated alkanes) is 2. The van der Waals surface area contributed by atoms with Crippen LogP contribution >= 0.6 is 0 Å². The maximum absolute atomic E-state index is 13.0. The predicted octanol–water partition coefficient (Wildman–Crippen LogP) is 5.07. The van der Waals surface area contributed by atoms with E-state index in [0.717, 1.165) is 47.7 Å². The fourth-order valence-electron chi connectivity index (χ4n) is 3.32. The summed E-state index contributed by atoms with van der Waals surface area (Å²) in [5.74, 6) is -0.368. The topological polar surface area (TPSA) is 68.3 Å². The van der Waals surface area contributed by atoms with Crippen LogP contribution < -0.4 is 5.32 Å². The Bertz CT molecular complexity index is 1010. The first-order chi connectivity index (χ1) is 14.0. The van der Waals surface area contributed by atoms with E-state index in [1.165, 1.54) is 6.92 Å². The number of nitrogens with zero attached hydrogens (tertiary/aromatic N) is 1. The maximum Gasteiger partial charge on any atom is 0.302 e. The first-order valence-corrected chi connectivity index (χ1v) is 9.92. The van der Waals surface area contributed by atoms with Gasteiger partial charge in [-0.1, -0.05) is 35.9 Å². The molecule has 0 aliphatic rings. The molecule has 5 heteroatoms. The number of rotatable bonds is 8. The Morgan fingerprint density at radius 3 is 2.69 bits per heavy atom. The van der Waals surface area contributed by atoms with E-state index in [2.05, 4.69) is 10.3 Å². The van der Waals surface area contributed by atoms with Crippen molar-refractivity contribution in [3.05, 3.63) is 71.4 Å². The minimum absolute atomic E-state index is 0.123. The smallest absolute Gasteiger partial charge is 0.302 e. The molecule has 0 atom stereocenters. The highest BCUT2D eigenvalue weighted by molar-refractivity contribution is 6.09. The van der Waals surface area contributed by atoms with Gasteiger partial charge in [0.05, 0.1) is 17.8 Å². The third-order valence-corrected chi connectivity index (χ3v) is 4.79. The van der Waals surface area contributed by atoms with Gasteiger partial charge in [-0.3, -0.25) is 14.6 Å².